The largest absolute Gasteiger partial charge is 0.356 e. The smallest absolute Gasteiger partial charge is 0.105 e. The highest BCUT2D eigenvalue weighted by Crippen LogP contribution is 2.23. The average Bonchev–Trinajstić information content (AvgIpc) is 3.19. The Morgan fingerprint density at radius 2 is 1.06 bits per heavy atom. The van der Waals surface area contributed by atoms with Crippen molar-refractivity contribution in [3.63, 3.8) is 0 Å². The van der Waals surface area contributed by atoms with Gasteiger partial charge in [0, 0.05) is 31.9 Å². The molecule has 0 fully saturated rings. The van der Waals surface area contributed by atoms with Crippen molar-refractivity contribution < 1.29 is 0 Å². The molecule has 3 rings (SSSR count). The first-order valence-electron chi connectivity index (χ1n) is 13.1. The van der Waals surface area contributed by atoms with E-state index in [1.807, 2.05) is 0 Å². The van der Waals surface area contributed by atoms with E-state index >= 15 is 0 Å². The minimum Gasteiger partial charge on any atom is -0.356 e. The van der Waals surface area contributed by atoms with Crippen molar-refractivity contribution in [1.82, 2.24) is 9.80 Å². The quantitative estimate of drug-likeness (QED) is 0.247. The highest BCUT2D eigenvalue weighted by Gasteiger charge is 2.26. The van der Waals surface area contributed by atoms with E-state index < -0.39 is 0 Å². The summed E-state index contributed by atoms with van der Waals surface area (Å²) >= 11 is 0. The van der Waals surface area contributed by atoms with Crippen molar-refractivity contribution in [3.8, 4) is 0 Å². The summed E-state index contributed by atoms with van der Waals surface area (Å²) in [5.74, 6) is 0. The van der Waals surface area contributed by atoms with E-state index in [-0.39, 0.29) is 0 Å². The van der Waals surface area contributed by atoms with Gasteiger partial charge in [0.05, 0.1) is 0 Å². The molecule has 1 aliphatic heterocycles. The zero-order valence-electron chi connectivity index (χ0n) is 20.3. The summed E-state index contributed by atoms with van der Waals surface area (Å²) < 4.78 is 0. The molecular weight excluding hydrogens is 388 g/mol. The van der Waals surface area contributed by atoms with Crippen LogP contribution in [0.2, 0.25) is 0 Å². The van der Waals surface area contributed by atoms with Crippen molar-refractivity contribution in [2.24, 2.45) is 0 Å². The Morgan fingerprint density at radius 1 is 0.562 bits per heavy atom. The van der Waals surface area contributed by atoms with Crippen LogP contribution in [-0.2, 0) is 13.0 Å². The van der Waals surface area contributed by atoms with Crippen molar-refractivity contribution in [3.05, 3.63) is 84.2 Å². The molecule has 2 heteroatoms. The summed E-state index contributed by atoms with van der Waals surface area (Å²) in [7, 11) is 0. The van der Waals surface area contributed by atoms with E-state index in [1.54, 1.807) is 0 Å². The Labute approximate surface area is 197 Å². The van der Waals surface area contributed by atoms with Crippen LogP contribution in [0.25, 0.3) is 0 Å². The fourth-order valence-corrected chi connectivity index (χ4v) is 4.75. The van der Waals surface area contributed by atoms with Crippen LogP contribution in [0.4, 0.5) is 0 Å². The number of benzene rings is 2. The molecule has 32 heavy (non-hydrogen) atoms. The standard InChI is InChI=1S/C30H44N2/c1-2-3-4-5-6-7-8-9-10-11-18-23-31-24-25-32(27-29-21-16-13-17-22-29)30(31)26-28-19-14-12-15-20-28/h12-17,19-22,24-25,30H,2-11,18,23,26-27H2,1H3. The second kappa shape index (κ2) is 14.8. The van der Waals surface area contributed by atoms with Gasteiger partial charge in [-0.05, 0) is 17.5 Å². The Bertz CT molecular complexity index is 740. The zero-order valence-corrected chi connectivity index (χ0v) is 20.3. The molecule has 1 heterocycles. The van der Waals surface area contributed by atoms with E-state index in [1.165, 1.54) is 81.8 Å². The van der Waals surface area contributed by atoms with Gasteiger partial charge in [-0.2, -0.15) is 0 Å². The minimum atomic E-state index is 0.417. The molecule has 0 amide bonds. The molecule has 0 bridgehead atoms. The summed E-state index contributed by atoms with van der Waals surface area (Å²) in [6, 6.07) is 21.8. The highest BCUT2D eigenvalue weighted by atomic mass is 15.4. The van der Waals surface area contributed by atoms with Crippen LogP contribution in [0.5, 0.6) is 0 Å². The van der Waals surface area contributed by atoms with Gasteiger partial charge in [0.1, 0.15) is 6.17 Å². The third-order valence-corrected chi connectivity index (χ3v) is 6.70. The fourth-order valence-electron chi connectivity index (χ4n) is 4.75. The summed E-state index contributed by atoms with van der Waals surface area (Å²) in [6.07, 6.45) is 21.5. The average molecular weight is 433 g/mol. The lowest BCUT2D eigenvalue weighted by molar-refractivity contribution is 0.144. The van der Waals surface area contributed by atoms with Gasteiger partial charge in [-0.3, -0.25) is 0 Å². The Balaban J connectivity index is 1.39. The number of hydrogen-bond donors (Lipinski definition) is 0. The second-order valence-corrected chi connectivity index (χ2v) is 9.40. The van der Waals surface area contributed by atoms with E-state index in [2.05, 4.69) is 89.8 Å². The van der Waals surface area contributed by atoms with E-state index in [9.17, 15) is 0 Å². The molecule has 0 aromatic heterocycles. The first-order chi connectivity index (χ1) is 15.9. The molecule has 0 radical (unpaired) electrons. The number of rotatable bonds is 16. The van der Waals surface area contributed by atoms with Crippen molar-refractivity contribution in [1.29, 1.82) is 0 Å². The first-order valence-corrected chi connectivity index (χ1v) is 13.1. The minimum absolute atomic E-state index is 0.417. The van der Waals surface area contributed by atoms with Gasteiger partial charge in [-0.1, -0.05) is 132 Å². The van der Waals surface area contributed by atoms with Gasteiger partial charge in [0.15, 0.2) is 0 Å². The van der Waals surface area contributed by atoms with E-state index in [4.69, 9.17) is 0 Å². The predicted octanol–water partition coefficient (Wildman–Crippen LogP) is 8.16. The highest BCUT2D eigenvalue weighted by molar-refractivity contribution is 5.19. The van der Waals surface area contributed by atoms with Gasteiger partial charge in [0.25, 0.3) is 0 Å². The third kappa shape index (κ3) is 8.73. The fraction of sp³-hybridized carbons (Fsp3) is 0.533. The van der Waals surface area contributed by atoms with E-state index in [0.717, 1.165) is 19.5 Å². The molecular formula is C30H44N2. The lowest BCUT2D eigenvalue weighted by Crippen LogP contribution is -2.40. The second-order valence-electron chi connectivity index (χ2n) is 9.40. The van der Waals surface area contributed by atoms with Gasteiger partial charge in [0.2, 0.25) is 0 Å². The molecule has 1 unspecified atom stereocenters. The van der Waals surface area contributed by atoms with Gasteiger partial charge >= 0.3 is 0 Å². The van der Waals surface area contributed by atoms with Crippen molar-refractivity contribution >= 4 is 0 Å². The summed E-state index contributed by atoms with van der Waals surface area (Å²) in [4.78, 5) is 5.09. The topological polar surface area (TPSA) is 6.48 Å². The number of unbranched alkanes of at least 4 members (excludes halogenated alkanes) is 10. The van der Waals surface area contributed by atoms with Crippen LogP contribution in [0.3, 0.4) is 0 Å². The zero-order chi connectivity index (χ0) is 22.3. The normalized spacial score (nSPS) is 15.6. The Hall–Kier alpha value is -2.22. The molecule has 1 atom stereocenters. The predicted molar refractivity (Wildman–Crippen MR) is 138 cm³/mol. The molecule has 0 saturated heterocycles. The van der Waals surface area contributed by atoms with Crippen molar-refractivity contribution in [2.45, 2.75) is 96.7 Å². The molecule has 0 saturated carbocycles. The van der Waals surface area contributed by atoms with Gasteiger partial charge < -0.3 is 9.80 Å². The summed E-state index contributed by atoms with van der Waals surface area (Å²) in [5, 5.41) is 0. The van der Waals surface area contributed by atoms with Crippen LogP contribution in [0, 0.1) is 0 Å². The number of nitrogens with zero attached hydrogens (tertiary/aromatic N) is 2. The monoisotopic (exact) mass is 432 g/mol. The molecule has 2 aromatic carbocycles. The molecule has 2 aromatic rings. The van der Waals surface area contributed by atoms with Crippen LogP contribution in [0.1, 0.15) is 88.7 Å². The summed E-state index contributed by atoms with van der Waals surface area (Å²) in [6.45, 7) is 4.43. The first kappa shape index (κ1) is 24.4. The molecule has 0 spiro atoms. The SMILES string of the molecule is CCCCCCCCCCCCCN1C=CN(Cc2ccccc2)C1Cc1ccccc1. The van der Waals surface area contributed by atoms with Crippen LogP contribution < -0.4 is 0 Å². The summed E-state index contributed by atoms with van der Waals surface area (Å²) in [5.41, 5.74) is 2.80. The van der Waals surface area contributed by atoms with Crippen LogP contribution in [-0.4, -0.2) is 22.5 Å². The van der Waals surface area contributed by atoms with Crippen LogP contribution in [0.15, 0.2) is 73.1 Å². The Kier molecular flexibility index (Phi) is 11.3. The van der Waals surface area contributed by atoms with Gasteiger partial charge in [-0.15, -0.1) is 0 Å². The molecule has 2 nitrogen and oxygen atoms in total. The molecule has 1 aliphatic rings. The van der Waals surface area contributed by atoms with Gasteiger partial charge in [-0.25, -0.2) is 0 Å². The van der Waals surface area contributed by atoms with Crippen molar-refractivity contribution in [2.75, 3.05) is 6.54 Å². The lowest BCUT2D eigenvalue weighted by Gasteiger charge is -2.33. The maximum atomic E-state index is 2.57. The third-order valence-electron chi connectivity index (χ3n) is 6.70. The lowest BCUT2D eigenvalue weighted by atomic mass is 10.1. The number of hydrogen-bond acceptors (Lipinski definition) is 2. The molecule has 174 valence electrons. The van der Waals surface area contributed by atoms with Crippen LogP contribution >= 0.6 is 0 Å². The Morgan fingerprint density at radius 3 is 1.66 bits per heavy atom. The van der Waals surface area contributed by atoms with E-state index in [0.29, 0.717) is 6.17 Å². The molecule has 0 aliphatic carbocycles. The maximum Gasteiger partial charge on any atom is 0.105 e. The maximum absolute atomic E-state index is 2.57. The molecule has 0 N–H and O–H groups in total.